The Kier molecular flexibility index (Phi) is 2.00. The molecule has 1 heteroatoms. The first kappa shape index (κ1) is 10.1. The number of nitrogens with two attached hydrogens (primary N) is 1. The van der Waals surface area contributed by atoms with Gasteiger partial charge in [0.2, 0.25) is 0 Å². The van der Waals surface area contributed by atoms with E-state index in [0.29, 0.717) is 0 Å². The van der Waals surface area contributed by atoms with Crippen LogP contribution in [0.2, 0.25) is 0 Å². The number of hydrogen-bond acceptors (Lipinski definition) is 1. The molecule has 2 bridgehead atoms. The molecule has 3 saturated carbocycles. The first-order valence-corrected chi connectivity index (χ1v) is 7.13. The summed E-state index contributed by atoms with van der Waals surface area (Å²) in [5.41, 5.74) is 8.21. The van der Waals surface area contributed by atoms with Gasteiger partial charge in [-0.05, 0) is 54.9 Å². The molecule has 1 aromatic carbocycles. The van der Waals surface area contributed by atoms with Crippen molar-refractivity contribution in [2.45, 2.75) is 37.6 Å². The SMILES string of the molecule is NC1(c2ccccc2)CC2CC1C1CCCC21. The van der Waals surface area contributed by atoms with Crippen LogP contribution < -0.4 is 5.73 Å². The first-order valence-electron chi connectivity index (χ1n) is 7.13. The summed E-state index contributed by atoms with van der Waals surface area (Å²) < 4.78 is 0. The van der Waals surface area contributed by atoms with Gasteiger partial charge in [-0.15, -0.1) is 0 Å². The molecular formula is C16H21N. The van der Waals surface area contributed by atoms with E-state index in [1.165, 1.54) is 37.7 Å². The lowest BCUT2D eigenvalue weighted by molar-refractivity contribution is 0.157. The Hall–Kier alpha value is -0.820. The molecule has 17 heavy (non-hydrogen) atoms. The third kappa shape index (κ3) is 1.24. The molecule has 3 aliphatic rings. The van der Waals surface area contributed by atoms with E-state index < -0.39 is 0 Å². The largest absolute Gasteiger partial charge is 0.321 e. The zero-order valence-electron chi connectivity index (χ0n) is 10.3. The summed E-state index contributed by atoms with van der Waals surface area (Å²) >= 11 is 0. The topological polar surface area (TPSA) is 26.0 Å². The van der Waals surface area contributed by atoms with Crippen LogP contribution in [0.3, 0.4) is 0 Å². The molecule has 2 N–H and O–H groups in total. The smallest absolute Gasteiger partial charge is 0.0443 e. The van der Waals surface area contributed by atoms with Crippen LogP contribution in [0.1, 0.15) is 37.7 Å². The monoisotopic (exact) mass is 227 g/mol. The molecule has 0 saturated heterocycles. The summed E-state index contributed by atoms with van der Waals surface area (Å²) in [5.74, 6) is 3.67. The molecule has 1 aromatic rings. The molecule has 4 rings (SSSR count). The normalized spacial score (nSPS) is 47.4. The molecule has 5 atom stereocenters. The van der Waals surface area contributed by atoms with Crippen LogP contribution in [0.5, 0.6) is 0 Å². The lowest BCUT2D eigenvalue weighted by Crippen LogP contribution is -2.46. The van der Waals surface area contributed by atoms with Gasteiger partial charge in [0, 0.05) is 5.54 Å². The molecule has 0 spiro atoms. The minimum Gasteiger partial charge on any atom is -0.321 e. The molecule has 0 aliphatic heterocycles. The van der Waals surface area contributed by atoms with Crippen molar-refractivity contribution >= 4 is 0 Å². The first-order chi connectivity index (χ1) is 8.29. The number of rotatable bonds is 1. The summed E-state index contributed by atoms with van der Waals surface area (Å²) in [4.78, 5) is 0. The van der Waals surface area contributed by atoms with Crippen molar-refractivity contribution in [3.63, 3.8) is 0 Å². The minimum atomic E-state index is -0.00255. The van der Waals surface area contributed by atoms with E-state index in [4.69, 9.17) is 5.73 Å². The fourth-order valence-electron chi connectivity index (χ4n) is 5.27. The molecule has 0 radical (unpaired) electrons. The summed E-state index contributed by atoms with van der Waals surface area (Å²) in [6.45, 7) is 0. The van der Waals surface area contributed by atoms with Gasteiger partial charge in [0.1, 0.15) is 0 Å². The third-order valence-corrected chi connectivity index (χ3v) is 5.88. The summed E-state index contributed by atoms with van der Waals surface area (Å²) in [5, 5.41) is 0. The fourth-order valence-corrected chi connectivity index (χ4v) is 5.27. The van der Waals surface area contributed by atoms with E-state index in [1.54, 1.807) is 0 Å². The lowest BCUT2D eigenvalue weighted by atomic mass is 9.68. The minimum absolute atomic E-state index is 0.00255. The second kappa shape index (κ2) is 3.35. The van der Waals surface area contributed by atoms with Gasteiger partial charge in [-0.2, -0.15) is 0 Å². The number of fused-ring (bicyclic) bond motifs is 5. The highest BCUT2D eigenvalue weighted by Gasteiger charge is 2.59. The molecule has 90 valence electrons. The average Bonchev–Trinajstić information content (AvgIpc) is 3.00. The summed E-state index contributed by atoms with van der Waals surface area (Å²) in [6.07, 6.45) is 7.02. The summed E-state index contributed by atoms with van der Waals surface area (Å²) in [6, 6.07) is 10.9. The van der Waals surface area contributed by atoms with Gasteiger partial charge < -0.3 is 5.73 Å². The molecule has 0 heterocycles. The van der Waals surface area contributed by atoms with Gasteiger partial charge in [-0.1, -0.05) is 36.8 Å². The standard InChI is InChI=1S/C16H21N/c17-16(12-5-2-1-3-6-12)10-11-9-15(16)14-8-4-7-13(11)14/h1-3,5-6,11,13-15H,4,7-10,17H2. The molecule has 0 amide bonds. The van der Waals surface area contributed by atoms with Crippen LogP contribution in [0.25, 0.3) is 0 Å². The van der Waals surface area contributed by atoms with E-state index >= 15 is 0 Å². The second-order valence-corrected chi connectivity index (χ2v) is 6.47. The van der Waals surface area contributed by atoms with Gasteiger partial charge >= 0.3 is 0 Å². The fraction of sp³-hybridized carbons (Fsp3) is 0.625. The predicted octanol–water partition coefficient (Wildman–Crippen LogP) is 3.30. The molecule has 5 unspecified atom stereocenters. The van der Waals surface area contributed by atoms with Crippen molar-refractivity contribution in [2.24, 2.45) is 29.4 Å². The lowest BCUT2D eigenvalue weighted by Gasteiger charge is -2.40. The van der Waals surface area contributed by atoms with Crippen LogP contribution in [0.4, 0.5) is 0 Å². The molecular weight excluding hydrogens is 206 g/mol. The van der Waals surface area contributed by atoms with Gasteiger partial charge in [0.25, 0.3) is 0 Å². The Morgan fingerprint density at radius 3 is 2.65 bits per heavy atom. The number of benzene rings is 1. The Morgan fingerprint density at radius 2 is 1.82 bits per heavy atom. The van der Waals surface area contributed by atoms with Crippen molar-refractivity contribution in [3.05, 3.63) is 35.9 Å². The Balaban J connectivity index is 1.73. The number of hydrogen-bond donors (Lipinski definition) is 1. The Bertz CT molecular complexity index is 426. The van der Waals surface area contributed by atoms with Gasteiger partial charge in [-0.3, -0.25) is 0 Å². The van der Waals surface area contributed by atoms with Crippen molar-refractivity contribution in [1.29, 1.82) is 0 Å². The van der Waals surface area contributed by atoms with E-state index in [-0.39, 0.29) is 5.54 Å². The van der Waals surface area contributed by atoms with Crippen LogP contribution >= 0.6 is 0 Å². The van der Waals surface area contributed by atoms with E-state index in [1.807, 2.05) is 0 Å². The van der Waals surface area contributed by atoms with Crippen LogP contribution in [0, 0.1) is 23.7 Å². The predicted molar refractivity (Wildman–Crippen MR) is 69.4 cm³/mol. The van der Waals surface area contributed by atoms with Crippen molar-refractivity contribution < 1.29 is 0 Å². The van der Waals surface area contributed by atoms with Crippen molar-refractivity contribution in [3.8, 4) is 0 Å². The van der Waals surface area contributed by atoms with Gasteiger partial charge in [0.15, 0.2) is 0 Å². The third-order valence-electron chi connectivity index (χ3n) is 5.88. The maximum Gasteiger partial charge on any atom is 0.0443 e. The van der Waals surface area contributed by atoms with E-state index in [9.17, 15) is 0 Å². The Labute approximate surface area is 103 Å². The molecule has 0 aromatic heterocycles. The highest BCUT2D eigenvalue weighted by molar-refractivity contribution is 5.29. The van der Waals surface area contributed by atoms with Crippen LogP contribution in [-0.2, 0) is 5.54 Å². The van der Waals surface area contributed by atoms with Crippen LogP contribution in [0.15, 0.2) is 30.3 Å². The van der Waals surface area contributed by atoms with Gasteiger partial charge in [0.05, 0.1) is 0 Å². The van der Waals surface area contributed by atoms with E-state index in [0.717, 1.165) is 23.7 Å². The van der Waals surface area contributed by atoms with E-state index in [2.05, 4.69) is 30.3 Å². The second-order valence-electron chi connectivity index (χ2n) is 6.47. The summed E-state index contributed by atoms with van der Waals surface area (Å²) in [7, 11) is 0. The highest BCUT2D eigenvalue weighted by Crippen LogP contribution is 2.64. The molecule has 1 nitrogen and oxygen atoms in total. The quantitative estimate of drug-likeness (QED) is 0.782. The maximum absolute atomic E-state index is 6.82. The zero-order chi connectivity index (χ0) is 11.5. The Morgan fingerprint density at radius 1 is 1.06 bits per heavy atom. The van der Waals surface area contributed by atoms with Crippen molar-refractivity contribution in [2.75, 3.05) is 0 Å². The van der Waals surface area contributed by atoms with Crippen LogP contribution in [-0.4, -0.2) is 0 Å². The highest BCUT2D eigenvalue weighted by atomic mass is 14.8. The van der Waals surface area contributed by atoms with Gasteiger partial charge in [-0.25, -0.2) is 0 Å². The maximum atomic E-state index is 6.82. The zero-order valence-corrected chi connectivity index (χ0v) is 10.3. The molecule has 3 aliphatic carbocycles. The molecule has 3 fully saturated rings. The van der Waals surface area contributed by atoms with Crippen molar-refractivity contribution in [1.82, 2.24) is 0 Å². The average molecular weight is 227 g/mol.